The second-order valence-corrected chi connectivity index (χ2v) is 6.03. The number of rotatable bonds is 2. The van der Waals surface area contributed by atoms with E-state index in [1.54, 1.807) is 0 Å². The molecule has 1 saturated carbocycles. The third-order valence-electron chi connectivity index (χ3n) is 4.29. The van der Waals surface area contributed by atoms with Crippen LogP contribution in [0.15, 0.2) is 24.3 Å². The third-order valence-corrected chi connectivity index (χ3v) is 4.29. The minimum Gasteiger partial charge on any atom is -0.369 e. The standard InChI is InChI=1S/C15H22N2/c1-12-9-13-5-2-3-6-14(13)17(10-12)11-15(16)7-4-8-15/h2-3,5-6,12H,4,7-11,16H2,1H3. The van der Waals surface area contributed by atoms with Crippen molar-refractivity contribution in [1.29, 1.82) is 0 Å². The minimum atomic E-state index is 0.0875. The Morgan fingerprint density at radius 2 is 2.12 bits per heavy atom. The van der Waals surface area contributed by atoms with Gasteiger partial charge in [-0.3, -0.25) is 0 Å². The first-order chi connectivity index (χ1) is 8.16. The van der Waals surface area contributed by atoms with Crippen LogP contribution in [0.3, 0.4) is 0 Å². The summed E-state index contributed by atoms with van der Waals surface area (Å²) in [7, 11) is 0. The topological polar surface area (TPSA) is 29.3 Å². The first-order valence-corrected chi connectivity index (χ1v) is 6.78. The molecule has 17 heavy (non-hydrogen) atoms. The summed E-state index contributed by atoms with van der Waals surface area (Å²) in [5, 5.41) is 0. The van der Waals surface area contributed by atoms with E-state index in [9.17, 15) is 0 Å². The molecule has 1 heterocycles. The maximum absolute atomic E-state index is 6.39. The largest absolute Gasteiger partial charge is 0.369 e. The van der Waals surface area contributed by atoms with Crippen LogP contribution >= 0.6 is 0 Å². The van der Waals surface area contributed by atoms with Gasteiger partial charge in [0, 0.05) is 24.3 Å². The zero-order valence-corrected chi connectivity index (χ0v) is 10.7. The van der Waals surface area contributed by atoms with Gasteiger partial charge >= 0.3 is 0 Å². The number of fused-ring (bicyclic) bond motifs is 1. The second kappa shape index (κ2) is 4.02. The van der Waals surface area contributed by atoms with Crippen LogP contribution in [0.2, 0.25) is 0 Å². The molecule has 1 aromatic rings. The van der Waals surface area contributed by atoms with Crippen LogP contribution in [0.4, 0.5) is 5.69 Å². The van der Waals surface area contributed by atoms with E-state index >= 15 is 0 Å². The van der Waals surface area contributed by atoms with E-state index in [0.29, 0.717) is 0 Å². The van der Waals surface area contributed by atoms with Crippen LogP contribution in [0.5, 0.6) is 0 Å². The molecule has 92 valence electrons. The molecule has 2 nitrogen and oxygen atoms in total. The molecule has 0 amide bonds. The zero-order chi connectivity index (χ0) is 11.9. The normalized spacial score (nSPS) is 26.2. The van der Waals surface area contributed by atoms with Crippen molar-refractivity contribution in [3.8, 4) is 0 Å². The van der Waals surface area contributed by atoms with E-state index in [2.05, 4.69) is 36.1 Å². The van der Waals surface area contributed by atoms with Crippen molar-refractivity contribution in [3.05, 3.63) is 29.8 Å². The number of nitrogens with two attached hydrogens (primary N) is 1. The van der Waals surface area contributed by atoms with Crippen molar-refractivity contribution in [1.82, 2.24) is 0 Å². The summed E-state index contributed by atoms with van der Waals surface area (Å²) < 4.78 is 0. The molecule has 0 radical (unpaired) electrons. The Bertz CT molecular complexity index is 409. The van der Waals surface area contributed by atoms with Crippen LogP contribution in [-0.2, 0) is 6.42 Å². The van der Waals surface area contributed by atoms with Crippen molar-refractivity contribution < 1.29 is 0 Å². The van der Waals surface area contributed by atoms with Gasteiger partial charge in [0.1, 0.15) is 0 Å². The zero-order valence-electron chi connectivity index (χ0n) is 10.7. The molecule has 0 spiro atoms. The molecule has 2 aliphatic rings. The van der Waals surface area contributed by atoms with E-state index in [1.165, 1.54) is 36.9 Å². The van der Waals surface area contributed by atoms with Crippen molar-refractivity contribution >= 4 is 5.69 Å². The molecule has 3 rings (SSSR count). The highest BCUT2D eigenvalue weighted by molar-refractivity contribution is 5.56. The first kappa shape index (κ1) is 11.1. The molecule has 2 N–H and O–H groups in total. The number of hydrogen-bond acceptors (Lipinski definition) is 2. The highest BCUT2D eigenvalue weighted by atomic mass is 15.2. The Morgan fingerprint density at radius 3 is 2.82 bits per heavy atom. The number of benzene rings is 1. The average molecular weight is 230 g/mol. The van der Waals surface area contributed by atoms with Gasteiger partial charge in [-0.15, -0.1) is 0 Å². The molecule has 0 saturated heterocycles. The summed E-state index contributed by atoms with van der Waals surface area (Å²) in [6.07, 6.45) is 4.91. The first-order valence-electron chi connectivity index (χ1n) is 6.78. The summed E-state index contributed by atoms with van der Waals surface area (Å²) in [6.45, 7) is 4.54. The maximum Gasteiger partial charge on any atom is 0.0399 e. The van der Waals surface area contributed by atoms with Crippen LogP contribution in [0.1, 0.15) is 31.7 Å². The van der Waals surface area contributed by atoms with Gasteiger partial charge in [0.15, 0.2) is 0 Å². The van der Waals surface area contributed by atoms with Crippen LogP contribution < -0.4 is 10.6 Å². The van der Waals surface area contributed by atoms with Crippen molar-refractivity contribution in [2.24, 2.45) is 11.7 Å². The molecule has 1 aliphatic heterocycles. The van der Waals surface area contributed by atoms with Crippen LogP contribution in [-0.4, -0.2) is 18.6 Å². The summed E-state index contributed by atoms with van der Waals surface area (Å²) in [5.74, 6) is 0.744. The maximum atomic E-state index is 6.39. The lowest BCUT2D eigenvalue weighted by molar-refractivity contribution is 0.248. The van der Waals surface area contributed by atoms with Crippen molar-refractivity contribution in [2.45, 2.75) is 38.1 Å². The molecule has 0 bridgehead atoms. The van der Waals surface area contributed by atoms with Crippen LogP contribution in [0, 0.1) is 5.92 Å². The molecule has 2 heteroatoms. The van der Waals surface area contributed by atoms with Crippen molar-refractivity contribution in [3.63, 3.8) is 0 Å². The van der Waals surface area contributed by atoms with Gasteiger partial charge in [-0.05, 0) is 43.2 Å². The van der Waals surface area contributed by atoms with Gasteiger partial charge in [-0.25, -0.2) is 0 Å². The summed E-state index contributed by atoms with van der Waals surface area (Å²) >= 11 is 0. The number of hydrogen-bond donors (Lipinski definition) is 1. The molecular formula is C15H22N2. The third kappa shape index (κ3) is 2.06. The Labute approximate surface area is 104 Å². The van der Waals surface area contributed by atoms with Crippen LogP contribution in [0.25, 0.3) is 0 Å². The molecule has 0 aromatic heterocycles. The fraction of sp³-hybridized carbons (Fsp3) is 0.600. The van der Waals surface area contributed by atoms with Gasteiger partial charge < -0.3 is 10.6 Å². The summed E-state index contributed by atoms with van der Waals surface area (Å²) in [6, 6.07) is 8.81. The fourth-order valence-electron chi connectivity index (χ4n) is 3.23. The van der Waals surface area contributed by atoms with Crippen molar-refractivity contribution in [2.75, 3.05) is 18.0 Å². The second-order valence-electron chi connectivity index (χ2n) is 6.03. The van der Waals surface area contributed by atoms with Gasteiger partial charge in [-0.2, -0.15) is 0 Å². The lowest BCUT2D eigenvalue weighted by Gasteiger charge is -2.45. The summed E-state index contributed by atoms with van der Waals surface area (Å²) in [5.41, 5.74) is 9.40. The predicted octanol–water partition coefficient (Wildman–Crippen LogP) is 2.57. The minimum absolute atomic E-state index is 0.0875. The molecular weight excluding hydrogens is 208 g/mol. The van der Waals surface area contributed by atoms with E-state index in [0.717, 1.165) is 19.0 Å². The average Bonchev–Trinajstić information content (AvgIpc) is 2.26. The number of para-hydroxylation sites is 1. The molecule has 1 atom stereocenters. The quantitative estimate of drug-likeness (QED) is 0.846. The highest BCUT2D eigenvalue weighted by Crippen LogP contribution is 2.35. The SMILES string of the molecule is CC1Cc2ccccc2N(CC2(N)CCC2)C1. The highest BCUT2D eigenvalue weighted by Gasteiger charge is 2.36. The summed E-state index contributed by atoms with van der Waals surface area (Å²) in [4.78, 5) is 2.52. The lowest BCUT2D eigenvalue weighted by atomic mass is 9.76. The van der Waals surface area contributed by atoms with Gasteiger partial charge in [-0.1, -0.05) is 25.1 Å². The lowest BCUT2D eigenvalue weighted by Crippen LogP contribution is -2.56. The van der Waals surface area contributed by atoms with E-state index in [-0.39, 0.29) is 5.54 Å². The Hall–Kier alpha value is -1.02. The van der Waals surface area contributed by atoms with E-state index in [4.69, 9.17) is 5.73 Å². The van der Waals surface area contributed by atoms with E-state index < -0.39 is 0 Å². The Kier molecular flexibility index (Phi) is 2.62. The molecule has 1 aromatic carbocycles. The molecule has 1 unspecified atom stereocenters. The smallest absolute Gasteiger partial charge is 0.0399 e. The molecule has 1 aliphatic carbocycles. The van der Waals surface area contributed by atoms with E-state index in [1.807, 2.05) is 0 Å². The van der Waals surface area contributed by atoms with Gasteiger partial charge in [0.2, 0.25) is 0 Å². The molecule has 1 fully saturated rings. The van der Waals surface area contributed by atoms with Gasteiger partial charge in [0.25, 0.3) is 0 Å². The Balaban J connectivity index is 1.84. The fourth-order valence-corrected chi connectivity index (χ4v) is 3.23. The predicted molar refractivity (Wildman–Crippen MR) is 72.3 cm³/mol. The van der Waals surface area contributed by atoms with Gasteiger partial charge in [0.05, 0.1) is 0 Å². The number of anilines is 1. The number of nitrogens with zero attached hydrogens (tertiary/aromatic N) is 1. The monoisotopic (exact) mass is 230 g/mol. The Morgan fingerprint density at radius 1 is 1.35 bits per heavy atom.